The molecule has 96 valence electrons. The molecule has 1 atom stereocenters. The first kappa shape index (κ1) is 13.9. The lowest BCUT2D eigenvalue weighted by Crippen LogP contribution is -2.30. The zero-order chi connectivity index (χ0) is 12.9. The highest BCUT2D eigenvalue weighted by Crippen LogP contribution is 2.12. The maximum atomic E-state index is 13.2. The zero-order valence-corrected chi connectivity index (χ0v) is 10.5. The molecule has 1 aromatic carbocycles. The molecule has 0 fully saturated rings. The van der Waals surface area contributed by atoms with Crippen LogP contribution in [0.5, 0.6) is 0 Å². The van der Waals surface area contributed by atoms with E-state index in [1.807, 2.05) is 20.8 Å². The first-order valence-corrected chi connectivity index (χ1v) is 5.69. The van der Waals surface area contributed by atoms with Crippen LogP contribution in [0.3, 0.4) is 0 Å². The molecule has 0 amide bonds. The van der Waals surface area contributed by atoms with Crippen LogP contribution in [-0.4, -0.2) is 30.0 Å². The molecule has 4 heteroatoms. The van der Waals surface area contributed by atoms with E-state index in [1.54, 1.807) is 18.2 Å². The number of ether oxygens (including phenoxy) is 1. The Hall–Kier alpha value is -1.13. The fraction of sp³-hybridized carbons (Fsp3) is 0.538. The second-order valence-corrected chi connectivity index (χ2v) is 4.94. The van der Waals surface area contributed by atoms with Crippen LogP contribution in [0.25, 0.3) is 0 Å². The van der Waals surface area contributed by atoms with E-state index >= 15 is 0 Å². The molecular weight excluding hydrogens is 221 g/mol. The number of nitrogens with one attached hydrogen (secondary N) is 1. The molecule has 17 heavy (non-hydrogen) atoms. The SMILES string of the molecule is CC(C)(C)OCC(O)CNc1ccccc1F. The average Bonchev–Trinajstić information content (AvgIpc) is 2.24. The average molecular weight is 241 g/mol. The molecule has 1 rings (SSSR count). The van der Waals surface area contributed by atoms with Gasteiger partial charge >= 0.3 is 0 Å². The third-order valence-electron chi connectivity index (χ3n) is 2.11. The van der Waals surface area contributed by atoms with Gasteiger partial charge in [-0.05, 0) is 32.9 Å². The largest absolute Gasteiger partial charge is 0.389 e. The van der Waals surface area contributed by atoms with Gasteiger partial charge in [0, 0.05) is 6.54 Å². The summed E-state index contributed by atoms with van der Waals surface area (Å²) in [7, 11) is 0. The molecule has 3 nitrogen and oxygen atoms in total. The molecule has 0 aliphatic heterocycles. The van der Waals surface area contributed by atoms with Crippen LogP contribution >= 0.6 is 0 Å². The van der Waals surface area contributed by atoms with E-state index in [1.165, 1.54) is 6.07 Å². The Morgan fingerprint density at radius 2 is 2.00 bits per heavy atom. The van der Waals surface area contributed by atoms with Gasteiger partial charge in [-0.2, -0.15) is 0 Å². The molecule has 0 radical (unpaired) electrons. The number of halogens is 1. The van der Waals surface area contributed by atoms with Crippen LogP contribution < -0.4 is 5.32 Å². The van der Waals surface area contributed by atoms with Crippen LogP contribution in [0, 0.1) is 5.82 Å². The summed E-state index contributed by atoms with van der Waals surface area (Å²) in [6.45, 7) is 6.25. The van der Waals surface area contributed by atoms with E-state index in [4.69, 9.17) is 4.74 Å². The summed E-state index contributed by atoms with van der Waals surface area (Å²) in [6, 6.07) is 6.37. The molecule has 0 heterocycles. The van der Waals surface area contributed by atoms with Crippen molar-refractivity contribution < 1.29 is 14.2 Å². The third kappa shape index (κ3) is 5.65. The fourth-order valence-electron chi connectivity index (χ4n) is 1.24. The Labute approximate surface area is 102 Å². The van der Waals surface area contributed by atoms with Crippen molar-refractivity contribution in [1.29, 1.82) is 0 Å². The van der Waals surface area contributed by atoms with Gasteiger partial charge in [0.25, 0.3) is 0 Å². The van der Waals surface area contributed by atoms with Crippen LogP contribution in [0.1, 0.15) is 20.8 Å². The lowest BCUT2D eigenvalue weighted by Gasteiger charge is -2.22. The highest BCUT2D eigenvalue weighted by molar-refractivity contribution is 5.44. The summed E-state index contributed by atoms with van der Waals surface area (Å²) < 4.78 is 18.7. The van der Waals surface area contributed by atoms with Gasteiger partial charge < -0.3 is 15.2 Å². The first-order valence-electron chi connectivity index (χ1n) is 5.69. The van der Waals surface area contributed by atoms with Gasteiger partial charge in [-0.15, -0.1) is 0 Å². The van der Waals surface area contributed by atoms with E-state index in [9.17, 15) is 9.50 Å². The Kier molecular flexibility index (Phi) is 4.90. The van der Waals surface area contributed by atoms with E-state index in [0.717, 1.165) is 0 Å². The number of hydrogen-bond donors (Lipinski definition) is 2. The molecule has 0 bridgehead atoms. The monoisotopic (exact) mass is 241 g/mol. The molecule has 0 saturated carbocycles. The molecule has 0 aromatic heterocycles. The zero-order valence-electron chi connectivity index (χ0n) is 10.5. The molecule has 0 spiro atoms. The Balaban J connectivity index is 2.34. The van der Waals surface area contributed by atoms with Crippen LogP contribution in [0.4, 0.5) is 10.1 Å². The first-order chi connectivity index (χ1) is 7.88. The summed E-state index contributed by atoms with van der Waals surface area (Å²) in [5.41, 5.74) is 0.112. The number of aliphatic hydroxyl groups excluding tert-OH is 1. The van der Waals surface area contributed by atoms with Crippen molar-refractivity contribution >= 4 is 5.69 Å². The van der Waals surface area contributed by atoms with Crippen LogP contribution in [0.2, 0.25) is 0 Å². The second kappa shape index (κ2) is 5.98. The van der Waals surface area contributed by atoms with Crippen molar-refractivity contribution in [2.24, 2.45) is 0 Å². The number of aliphatic hydroxyl groups is 1. The van der Waals surface area contributed by atoms with Crippen molar-refractivity contribution in [2.45, 2.75) is 32.5 Å². The lowest BCUT2D eigenvalue weighted by atomic mass is 10.2. The normalized spacial score (nSPS) is 13.5. The van der Waals surface area contributed by atoms with Gasteiger partial charge in [0.05, 0.1) is 24.0 Å². The van der Waals surface area contributed by atoms with Crippen LogP contribution in [-0.2, 0) is 4.74 Å². The van der Waals surface area contributed by atoms with E-state index in [-0.39, 0.29) is 24.6 Å². The Morgan fingerprint density at radius 1 is 1.35 bits per heavy atom. The van der Waals surface area contributed by atoms with Crippen LogP contribution in [0.15, 0.2) is 24.3 Å². The van der Waals surface area contributed by atoms with Crippen molar-refractivity contribution in [2.75, 3.05) is 18.5 Å². The highest BCUT2D eigenvalue weighted by Gasteiger charge is 2.13. The Bertz CT molecular complexity index is 350. The minimum absolute atomic E-state index is 0.227. The number of para-hydroxylation sites is 1. The topological polar surface area (TPSA) is 41.5 Å². The predicted molar refractivity (Wildman–Crippen MR) is 66.6 cm³/mol. The summed E-state index contributed by atoms with van der Waals surface area (Å²) >= 11 is 0. The summed E-state index contributed by atoms with van der Waals surface area (Å²) in [6.07, 6.45) is -0.658. The maximum absolute atomic E-state index is 13.2. The summed E-state index contributed by atoms with van der Waals surface area (Å²) in [5.74, 6) is -0.323. The minimum atomic E-state index is -0.658. The minimum Gasteiger partial charge on any atom is -0.389 e. The van der Waals surface area contributed by atoms with Crippen molar-refractivity contribution in [3.8, 4) is 0 Å². The number of hydrogen-bond acceptors (Lipinski definition) is 3. The highest BCUT2D eigenvalue weighted by atomic mass is 19.1. The van der Waals surface area contributed by atoms with Gasteiger partial charge in [0.1, 0.15) is 5.82 Å². The van der Waals surface area contributed by atoms with Gasteiger partial charge in [-0.25, -0.2) is 4.39 Å². The molecule has 0 aliphatic carbocycles. The number of anilines is 1. The van der Waals surface area contributed by atoms with Crippen molar-refractivity contribution in [1.82, 2.24) is 0 Å². The van der Waals surface area contributed by atoms with Crippen molar-refractivity contribution in [3.05, 3.63) is 30.1 Å². The molecule has 2 N–H and O–H groups in total. The van der Waals surface area contributed by atoms with Crippen molar-refractivity contribution in [3.63, 3.8) is 0 Å². The Morgan fingerprint density at radius 3 is 2.59 bits per heavy atom. The van der Waals surface area contributed by atoms with Gasteiger partial charge in [0.15, 0.2) is 0 Å². The summed E-state index contributed by atoms with van der Waals surface area (Å²) in [5, 5.41) is 12.5. The molecule has 1 aromatic rings. The van der Waals surface area contributed by atoms with Gasteiger partial charge in [0.2, 0.25) is 0 Å². The van der Waals surface area contributed by atoms with E-state index < -0.39 is 6.10 Å². The third-order valence-corrected chi connectivity index (χ3v) is 2.11. The molecular formula is C13H20FNO2. The second-order valence-electron chi connectivity index (χ2n) is 4.94. The maximum Gasteiger partial charge on any atom is 0.146 e. The van der Waals surface area contributed by atoms with Gasteiger partial charge in [-0.3, -0.25) is 0 Å². The molecule has 0 aliphatic rings. The van der Waals surface area contributed by atoms with Gasteiger partial charge in [-0.1, -0.05) is 12.1 Å². The molecule has 0 saturated heterocycles. The standard InChI is InChI=1S/C13H20FNO2/c1-13(2,3)17-9-10(16)8-15-12-7-5-4-6-11(12)14/h4-7,10,15-16H,8-9H2,1-3H3. The predicted octanol–water partition coefficient (Wildman–Crippen LogP) is 2.41. The summed E-state index contributed by atoms with van der Waals surface area (Å²) in [4.78, 5) is 0. The van der Waals surface area contributed by atoms with E-state index in [2.05, 4.69) is 5.32 Å². The smallest absolute Gasteiger partial charge is 0.146 e. The lowest BCUT2D eigenvalue weighted by molar-refractivity contribution is -0.0449. The molecule has 1 unspecified atom stereocenters. The number of benzene rings is 1. The quantitative estimate of drug-likeness (QED) is 0.831. The van der Waals surface area contributed by atoms with E-state index in [0.29, 0.717) is 5.69 Å². The fourth-order valence-corrected chi connectivity index (χ4v) is 1.24. The number of rotatable bonds is 5.